The number of carbonyl (C=O) groups excluding carboxylic acids is 2. The van der Waals surface area contributed by atoms with Crippen LogP contribution in [0.4, 0.5) is 5.69 Å². The molecule has 0 unspecified atom stereocenters. The number of hydrogen-bond acceptors (Lipinski definition) is 6. The number of carbonyl (C=O) groups is 2. The molecule has 3 rings (SSSR count). The first kappa shape index (κ1) is 20.4. The van der Waals surface area contributed by atoms with Crippen molar-refractivity contribution in [2.24, 2.45) is 5.92 Å². The minimum atomic E-state index is -3.54. The number of anilines is 1. The summed E-state index contributed by atoms with van der Waals surface area (Å²) in [6.07, 6.45) is 0.158. The van der Waals surface area contributed by atoms with E-state index >= 15 is 0 Å². The summed E-state index contributed by atoms with van der Waals surface area (Å²) < 4.78 is 37.2. The molecule has 8 nitrogen and oxygen atoms in total. The maximum atomic E-state index is 13.0. The molecule has 1 fully saturated rings. The summed E-state index contributed by atoms with van der Waals surface area (Å²) in [6, 6.07) is 6.82. The molecular weight excluding hydrogens is 384 g/mol. The van der Waals surface area contributed by atoms with Crippen LogP contribution < -0.4 is 9.04 Å². The lowest BCUT2D eigenvalue weighted by Crippen LogP contribution is -2.53. The standard InChI is InChI=1S/C19H26N2O6S/c1-3-26-19(23)14-9-11-20(12-10-14)18(22)17-13-21(28(24,25)4-2)15-7-5-6-8-16(15)27-17/h5-8,14,17H,3-4,9-13H2,1-2H3/t17-/m0/s1. The lowest BCUT2D eigenvalue weighted by atomic mass is 9.96. The Kier molecular flexibility index (Phi) is 6.12. The molecule has 1 aromatic carbocycles. The minimum absolute atomic E-state index is 0.0518. The van der Waals surface area contributed by atoms with Crippen LogP contribution in [0.25, 0.3) is 0 Å². The van der Waals surface area contributed by atoms with Gasteiger partial charge in [0.1, 0.15) is 5.75 Å². The molecule has 0 spiro atoms. The Hall–Kier alpha value is -2.29. The van der Waals surface area contributed by atoms with Gasteiger partial charge in [-0.1, -0.05) is 12.1 Å². The fourth-order valence-corrected chi connectivity index (χ4v) is 4.67. The third-order valence-corrected chi connectivity index (χ3v) is 6.88. The second-order valence-electron chi connectivity index (χ2n) is 6.86. The number of nitrogens with zero attached hydrogens (tertiary/aromatic N) is 2. The zero-order valence-electron chi connectivity index (χ0n) is 16.2. The highest BCUT2D eigenvalue weighted by Crippen LogP contribution is 2.35. The summed E-state index contributed by atoms with van der Waals surface area (Å²) in [6.45, 7) is 4.48. The molecule has 1 atom stereocenters. The van der Waals surface area contributed by atoms with Gasteiger partial charge in [0.05, 0.1) is 30.5 Å². The Balaban J connectivity index is 1.72. The van der Waals surface area contributed by atoms with Crippen LogP contribution in [-0.2, 0) is 24.3 Å². The number of piperidine rings is 1. The van der Waals surface area contributed by atoms with E-state index in [1.165, 1.54) is 4.31 Å². The van der Waals surface area contributed by atoms with Crippen molar-refractivity contribution < 1.29 is 27.5 Å². The second-order valence-corrected chi connectivity index (χ2v) is 9.04. The van der Waals surface area contributed by atoms with E-state index in [-0.39, 0.29) is 30.1 Å². The molecule has 1 amide bonds. The quantitative estimate of drug-likeness (QED) is 0.682. The van der Waals surface area contributed by atoms with Crippen LogP contribution in [-0.4, -0.2) is 63.3 Å². The van der Waals surface area contributed by atoms with Crippen molar-refractivity contribution in [2.75, 3.05) is 36.3 Å². The number of rotatable bonds is 5. The highest BCUT2D eigenvalue weighted by molar-refractivity contribution is 7.92. The van der Waals surface area contributed by atoms with Gasteiger partial charge in [-0.3, -0.25) is 13.9 Å². The van der Waals surface area contributed by atoms with Crippen LogP contribution in [0.5, 0.6) is 5.75 Å². The van der Waals surface area contributed by atoms with Gasteiger partial charge in [0.2, 0.25) is 10.0 Å². The minimum Gasteiger partial charge on any atom is -0.476 e. The Morgan fingerprint density at radius 3 is 2.50 bits per heavy atom. The Labute approximate surface area is 165 Å². The van der Waals surface area contributed by atoms with E-state index in [1.54, 1.807) is 43.0 Å². The first-order valence-electron chi connectivity index (χ1n) is 9.59. The van der Waals surface area contributed by atoms with Gasteiger partial charge in [-0.15, -0.1) is 0 Å². The number of sulfonamides is 1. The van der Waals surface area contributed by atoms with Crippen LogP contribution in [0.3, 0.4) is 0 Å². The first-order valence-corrected chi connectivity index (χ1v) is 11.2. The van der Waals surface area contributed by atoms with Gasteiger partial charge in [0.25, 0.3) is 5.91 Å². The lowest BCUT2D eigenvalue weighted by molar-refractivity contribution is -0.152. The Morgan fingerprint density at radius 1 is 1.18 bits per heavy atom. The van der Waals surface area contributed by atoms with E-state index in [4.69, 9.17) is 9.47 Å². The number of amides is 1. The predicted octanol–water partition coefficient (Wildman–Crippen LogP) is 1.41. The molecule has 0 aliphatic carbocycles. The van der Waals surface area contributed by atoms with Crippen LogP contribution in [0.2, 0.25) is 0 Å². The normalized spacial score (nSPS) is 20.3. The van der Waals surface area contributed by atoms with Crippen molar-refractivity contribution >= 4 is 27.6 Å². The molecule has 0 N–H and O–H groups in total. The first-order chi connectivity index (χ1) is 13.4. The molecule has 0 radical (unpaired) electrons. The number of fused-ring (bicyclic) bond motifs is 1. The molecule has 1 saturated heterocycles. The van der Waals surface area contributed by atoms with E-state index in [9.17, 15) is 18.0 Å². The molecule has 1 aromatic rings. The number of hydrogen-bond donors (Lipinski definition) is 0. The van der Waals surface area contributed by atoms with Crippen LogP contribution in [0.1, 0.15) is 26.7 Å². The molecule has 0 saturated carbocycles. The maximum Gasteiger partial charge on any atom is 0.309 e. The zero-order valence-corrected chi connectivity index (χ0v) is 17.0. The van der Waals surface area contributed by atoms with Gasteiger partial charge < -0.3 is 14.4 Å². The summed E-state index contributed by atoms with van der Waals surface area (Å²) in [5.41, 5.74) is 0.453. The number of benzene rings is 1. The van der Waals surface area contributed by atoms with Gasteiger partial charge in [-0.25, -0.2) is 8.42 Å². The molecule has 2 aliphatic heterocycles. The van der Waals surface area contributed by atoms with Gasteiger partial charge >= 0.3 is 5.97 Å². The SMILES string of the molecule is CCOC(=O)C1CCN(C(=O)[C@@H]2CN(S(=O)(=O)CC)c3ccccc3O2)CC1. The van der Waals surface area contributed by atoms with E-state index in [1.807, 2.05) is 0 Å². The third-order valence-electron chi connectivity index (χ3n) is 5.14. The van der Waals surface area contributed by atoms with Crippen molar-refractivity contribution in [2.45, 2.75) is 32.8 Å². The summed E-state index contributed by atoms with van der Waals surface area (Å²) in [5, 5.41) is 0. The smallest absolute Gasteiger partial charge is 0.309 e. The molecule has 0 aromatic heterocycles. The Morgan fingerprint density at radius 2 is 1.86 bits per heavy atom. The highest BCUT2D eigenvalue weighted by atomic mass is 32.2. The van der Waals surface area contributed by atoms with E-state index < -0.39 is 16.1 Å². The van der Waals surface area contributed by atoms with Crippen LogP contribution >= 0.6 is 0 Å². The molecule has 28 heavy (non-hydrogen) atoms. The molecule has 2 aliphatic rings. The van der Waals surface area contributed by atoms with Crippen molar-refractivity contribution in [1.82, 2.24) is 4.90 Å². The maximum absolute atomic E-state index is 13.0. The average Bonchev–Trinajstić information content (AvgIpc) is 2.72. The highest BCUT2D eigenvalue weighted by Gasteiger charge is 2.39. The largest absolute Gasteiger partial charge is 0.476 e. The summed E-state index contributed by atoms with van der Waals surface area (Å²) >= 11 is 0. The topological polar surface area (TPSA) is 93.2 Å². The van der Waals surface area contributed by atoms with Gasteiger partial charge in [-0.2, -0.15) is 0 Å². The average molecular weight is 410 g/mol. The van der Waals surface area contributed by atoms with Gasteiger partial charge in [0.15, 0.2) is 6.10 Å². The predicted molar refractivity (Wildman–Crippen MR) is 104 cm³/mol. The van der Waals surface area contributed by atoms with Crippen molar-refractivity contribution in [1.29, 1.82) is 0 Å². The van der Waals surface area contributed by atoms with Crippen LogP contribution in [0.15, 0.2) is 24.3 Å². The van der Waals surface area contributed by atoms with E-state index in [2.05, 4.69) is 0 Å². The molecule has 154 valence electrons. The fraction of sp³-hybridized carbons (Fsp3) is 0.579. The molecule has 2 heterocycles. The summed E-state index contributed by atoms with van der Waals surface area (Å²) in [4.78, 5) is 26.5. The Bertz CT molecular complexity index is 833. The lowest BCUT2D eigenvalue weighted by Gasteiger charge is -2.38. The van der Waals surface area contributed by atoms with Crippen molar-refractivity contribution in [3.63, 3.8) is 0 Å². The number of esters is 1. The molecule has 0 bridgehead atoms. The van der Waals surface area contributed by atoms with Gasteiger partial charge in [-0.05, 0) is 38.8 Å². The second kappa shape index (κ2) is 8.38. The fourth-order valence-electron chi connectivity index (χ4n) is 3.55. The third kappa shape index (κ3) is 4.09. The monoisotopic (exact) mass is 410 g/mol. The summed E-state index contributed by atoms with van der Waals surface area (Å²) in [5.74, 6) is -0.363. The van der Waals surface area contributed by atoms with Crippen molar-refractivity contribution in [3.05, 3.63) is 24.3 Å². The molecular formula is C19H26N2O6S. The molecule has 9 heteroatoms. The number of para-hydroxylation sites is 2. The van der Waals surface area contributed by atoms with Crippen molar-refractivity contribution in [3.8, 4) is 5.75 Å². The number of likely N-dealkylation sites (tertiary alicyclic amines) is 1. The van der Waals surface area contributed by atoms with E-state index in [0.29, 0.717) is 44.0 Å². The summed E-state index contributed by atoms with van der Waals surface area (Å²) in [7, 11) is -3.54. The zero-order chi connectivity index (χ0) is 20.3. The van der Waals surface area contributed by atoms with Gasteiger partial charge in [0, 0.05) is 13.1 Å². The number of ether oxygens (including phenoxy) is 2. The van der Waals surface area contributed by atoms with Crippen LogP contribution in [0, 0.1) is 5.92 Å². The van der Waals surface area contributed by atoms with E-state index in [0.717, 1.165) is 0 Å².